The highest BCUT2D eigenvalue weighted by Gasteiger charge is 2.35. The molecular weight excluding hydrogens is 490 g/mol. The number of rotatable bonds is 8. The molecule has 10 nitrogen and oxygen atoms in total. The first-order valence-corrected chi connectivity index (χ1v) is 12.1. The van der Waals surface area contributed by atoms with E-state index in [1.54, 1.807) is 53.7 Å². The maximum absolute atomic E-state index is 12.9. The minimum absolute atomic E-state index is 0.0258. The lowest BCUT2D eigenvalue weighted by molar-refractivity contribution is -0.123. The number of likely N-dealkylation sites (tertiary alicyclic amines) is 1. The number of halogens is 1. The van der Waals surface area contributed by atoms with Crippen molar-refractivity contribution < 1.29 is 33.3 Å². The fraction of sp³-hybridized carbons (Fsp3) is 0.640. The van der Waals surface area contributed by atoms with E-state index in [4.69, 9.17) is 30.5 Å². The molecule has 0 saturated carbocycles. The fourth-order valence-electron chi connectivity index (χ4n) is 3.40. The molecule has 1 saturated heterocycles. The second-order valence-electron chi connectivity index (χ2n) is 10.7. The van der Waals surface area contributed by atoms with Gasteiger partial charge in [-0.2, -0.15) is 0 Å². The molecule has 0 aliphatic carbocycles. The Labute approximate surface area is 217 Å². The maximum Gasteiger partial charge on any atom is 0.410 e. The molecule has 1 aromatic carbocycles. The van der Waals surface area contributed by atoms with E-state index in [1.165, 1.54) is 12.0 Å². The molecule has 1 heterocycles. The van der Waals surface area contributed by atoms with Gasteiger partial charge in [-0.25, -0.2) is 9.59 Å². The summed E-state index contributed by atoms with van der Waals surface area (Å²) in [5.74, 6) is 0.103. The van der Waals surface area contributed by atoms with Gasteiger partial charge in [-0.05, 0) is 66.2 Å². The third kappa shape index (κ3) is 9.39. The summed E-state index contributed by atoms with van der Waals surface area (Å²) in [6.45, 7) is 13.1. The summed E-state index contributed by atoms with van der Waals surface area (Å²) in [5.41, 5.74) is -0.0469. The van der Waals surface area contributed by atoms with Gasteiger partial charge in [0.25, 0.3) is 0 Å². The summed E-state index contributed by atoms with van der Waals surface area (Å²) in [7, 11) is 1.49. The highest BCUT2D eigenvalue weighted by Crippen LogP contribution is 2.33. The lowest BCUT2D eigenvalue weighted by atomic mass is 10.00. The number of hydrogen-bond acceptors (Lipinski definition) is 7. The molecule has 0 bridgehead atoms. The first kappa shape index (κ1) is 29.5. The summed E-state index contributed by atoms with van der Waals surface area (Å²) in [4.78, 5) is 39.2. The molecule has 1 aliphatic rings. The third-order valence-electron chi connectivity index (χ3n) is 4.98. The Kier molecular flexibility index (Phi) is 9.85. The summed E-state index contributed by atoms with van der Waals surface area (Å²) in [6, 6.07) is 2.36. The minimum atomic E-state index is -0.799. The first-order chi connectivity index (χ1) is 16.6. The molecule has 202 valence electrons. The van der Waals surface area contributed by atoms with E-state index in [-0.39, 0.29) is 25.2 Å². The van der Waals surface area contributed by atoms with Crippen LogP contribution in [0.1, 0.15) is 65.1 Å². The Morgan fingerprint density at radius 2 is 1.69 bits per heavy atom. The highest BCUT2D eigenvalue weighted by molar-refractivity contribution is 6.31. The second kappa shape index (κ2) is 12.0. The molecular formula is C25H38ClN3O7. The zero-order chi connectivity index (χ0) is 27.3. The van der Waals surface area contributed by atoms with Crippen LogP contribution in [-0.4, -0.2) is 67.2 Å². The van der Waals surface area contributed by atoms with Crippen molar-refractivity contribution in [3.63, 3.8) is 0 Å². The largest absolute Gasteiger partial charge is 0.467 e. The van der Waals surface area contributed by atoms with Gasteiger partial charge in [0.1, 0.15) is 17.0 Å². The lowest BCUT2D eigenvalue weighted by Crippen LogP contribution is -2.61. The summed E-state index contributed by atoms with van der Waals surface area (Å²) < 4.78 is 21.5. The topological polar surface area (TPSA) is 115 Å². The van der Waals surface area contributed by atoms with Crippen molar-refractivity contribution in [2.24, 2.45) is 0 Å². The minimum Gasteiger partial charge on any atom is -0.467 e. The van der Waals surface area contributed by atoms with Gasteiger partial charge in [-0.15, -0.1) is 0 Å². The van der Waals surface area contributed by atoms with Crippen molar-refractivity contribution in [1.29, 1.82) is 0 Å². The number of ether oxygens (including phenoxy) is 4. The zero-order valence-corrected chi connectivity index (χ0v) is 23.1. The van der Waals surface area contributed by atoms with Gasteiger partial charge in [0.05, 0.1) is 18.5 Å². The van der Waals surface area contributed by atoms with Gasteiger partial charge in [0.2, 0.25) is 5.91 Å². The Balaban J connectivity index is 2.15. The number of hydrogen-bond donors (Lipinski definition) is 2. The normalized spacial score (nSPS) is 15.0. The van der Waals surface area contributed by atoms with Gasteiger partial charge in [-0.3, -0.25) is 4.79 Å². The van der Waals surface area contributed by atoms with Crippen LogP contribution in [0.2, 0.25) is 5.02 Å². The van der Waals surface area contributed by atoms with Crippen LogP contribution < -0.4 is 15.4 Å². The Morgan fingerprint density at radius 3 is 2.25 bits per heavy atom. The standard InChI is InChI=1S/C25H38ClN3O7/c1-15-9-20(34-14-33-8)17(10-18(15)26)19(28-22(31)35-24(2,3)4)11-21(30)27-16-12-29(13-16)23(32)36-25(5,6)7/h9-10,16,19H,11-14H2,1-8H3,(H,27,30)(H,28,31). The van der Waals surface area contributed by atoms with E-state index in [0.717, 1.165) is 5.56 Å². The van der Waals surface area contributed by atoms with Crippen molar-refractivity contribution in [2.45, 2.75) is 78.2 Å². The van der Waals surface area contributed by atoms with Crippen LogP contribution in [0.25, 0.3) is 0 Å². The van der Waals surface area contributed by atoms with Gasteiger partial charge < -0.3 is 34.5 Å². The predicted molar refractivity (Wildman–Crippen MR) is 135 cm³/mol. The number of nitrogens with one attached hydrogen (secondary N) is 2. The molecule has 1 aromatic rings. The summed E-state index contributed by atoms with van der Waals surface area (Å²) in [5, 5.41) is 6.11. The van der Waals surface area contributed by atoms with Crippen molar-refractivity contribution in [2.75, 3.05) is 27.0 Å². The number of methoxy groups -OCH3 is 1. The van der Waals surface area contributed by atoms with Crippen LogP contribution in [-0.2, 0) is 19.0 Å². The van der Waals surface area contributed by atoms with Gasteiger partial charge >= 0.3 is 12.2 Å². The monoisotopic (exact) mass is 527 g/mol. The smallest absolute Gasteiger partial charge is 0.410 e. The SMILES string of the molecule is COCOc1cc(C)c(Cl)cc1C(CC(=O)NC1CN(C(=O)OC(C)(C)C)C1)NC(=O)OC(C)(C)C. The average Bonchev–Trinajstić information content (AvgIpc) is 2.67. The molecule has 1 fully saturated rings. The summed E-state index contributed by atoms with van der Waals surface area (Å²) in [6.07, 6.45) is -1.22. The number of nitrogens with zero attached hydrogens (tertiary/aromatic N) is 1. The predicted octanol–water partition coefficient (Wildman–Crippen LogP) is 4.32. The summed E-state index contributed by atoms with van der Waals surface area (Å²) >= 11 is 6.37. The van der Waals surface area contributed by atoms with Crippen molar-refractivity contribution in [3.8, 4) is 5.75 Å². The number of benzene rings is 1. The van der Waals surface area contributed by atoms with Crippen LogP contribution in [0.5, 0.6) is 5.75 Å². The van der Waals surface area contributed by atoms with E-state index in [1.807, 2.05) is 6.92 Å². The molecule has 2 N–H and O–H groups in total. The van der Waals surface area contributed by atoms with Crippen LogP contribution >= 0.6 is 11.6 Å². The molecule has 1 atom stereocenters. The molecule has 0 spiro atoms. The maximum atomic E-state index is 12.9. The first-order valence-electron chi connectivity index (χ1n) is 11.8. The van der Waals surface area contributed by atoms with E-state index in [2.05, 4.69) is 10.6 Å². The van der Waals surface area contributed by atoms with E-state index in [9.17, 15) is 14.4 Å². The van der Waals surface area contributed by atoms with Crippen LogP contribution in [0, 0.1) is 6.92 Å². The van der Waals surface area contributed by atoms with E-state index >= 15 is 0 Å². The highest BCUT2D eigenvalue weighted by atomic mass is 35.5. The van der Waals surface area contributed by atoms with Crippen molar-refractivity contribution in [3.05, 3.63) is 28.3 Å². The zero-order valence-electron chi connectivity index (χ0n) is 22.3. The molecule has 1 unspecified atom stereocenters. The van der Waals surface area contributed by atoms with E-state index in [0.29, 0.717) is 29.4 Å². The van der Waals surface area contributed by atoms with Gasteiger partial charge in [0, 0.05) is 30.8 Å². The third-order valence-corrected chi connectivity index (χ3v) is 5.38. The van der Waals surface area contributed by atoms with Crippen molar-refractivity contribution >= 4 is 29.7 Å². The van der Waals surface area contributed by atoms with Gasteiger partial charge in [-0.1, -0.05) is 11.6 Å². The Hall–Kier alpha value is -2.72. The van der Waals surface area contributed by atoms with E-state index < -0.39 is 29.4 Å². The molecule has 36 heavy (non-hydrogen) atoms. The number of amides is 3. The molecule has 1 aliphatic heterocycles. The Bertz CT molecular complexity index is 950. The quantitative estimate of drug-likeness (QED) is 0.483. The number of carbonyl (C=O) groups excluding carboxylic acids is 3. The lowest BCUT2D eigenvalue weighted by Gasteiger charge is -2.40. The molecule has 0 aromatic heterocycles. The molecule has 0 radical (unpaired) electrons. The number of carbonyl (C=O) groups is 3. The molecule has 3 amide bonds. The number of aryl methyl sites for hydroxylation is 1. The average molecular weight is 528 g/mol. The fourth-order valence-corrected chi connectivity index (χ4v) is 3.57. The van der Waals surface area contributed by atoms with Gasteiger partial charge in [0.15, 0.2) is 6.79 Å². The molecule has 11 heteroatoms. The Morgan fingerprint density at radius 1 is 1.08 bits per heavy atom. The van der Waals surface area contributed by atoms with Crippen LogP contribution in [0.3, 0.4) is 0 Å². The van der Waals surface area contributed by atoms with Crippen LogP contribution in [0.4, 0.5) is 9.59 Å². The number of alkyl carbamates (subject to hydrolysis) is 1. The van der Waals surface area contributed by atoms with Crippen molar-refractivity contribution in [1.82, 2.24) is 15.5 Å². The second-order valence-corrected chi connectivity index (χ2v) is 11.1. The van der Waals surface area contributed by atoms with Crippen LogP contribution in [0.15, 0.2) is 12.1 Å². The molecule has 2 rings (SSSR count).